The molecule has 5 nitrogen and oxygen atoms in total. The average molecular weight is 593 g/mol. The summed E-state index contributed by atoms with van der Waals surface area (Å²) in [7, 11) is 1.70. The van der Waals surface area contributed by atoms with Crippen molar-refractivity contribution in [3.63, 3.8) is 0 Å². The van der Waals surface area contributed by atoms with Gasteiger partial charge in [-0.25, -0.2) is 0 Å². The van der Waals surface area contributed by atoms with Crippen molar-refractivity contribution in [2.24, 2.45) is 10.8 Å². The Hall–Kier alpha value is -2.70. The molecular weight excluding hydrogens is 554 g/mol. The van der Waals surface area contributed by atoms with Crippen LogP contribution < -0.4 is 4.74 Å². The Morgan fingerprint density at radius 2 is 1.41 bits per heavy atom. The van der Waals surface area contributed by atoms with Gasteiger partial charge in [-0.2, -0.15) is 0 Å². The molecule has 0 fully saturated rings. The third-order valence-corrected chi connectivity index (χ3v) is 8.61. The topological polar surface area (TPSA) is 55.8 Å². The average Bonchev–Trinajstić information content (AvgIpc) is 2.85. The van der Waals surface area contributed by atoms with E-state index in [0.29, 0.717) is 38.3 Å². The van der Waals surface area contributed by atoms with Crippen LogP contribution in [0.3, 0.4) is 0 Å². The Morgan fingerprint density at radius 3 is 1.97 bits per heavy atom. The molecule has 0 spiro atoms. The van der Waals surface area contributed by atoms with Gasteiger partial charge in [0.2, 0.25) is 0 Å². The summed E-state index contributed by atoms with van der Waals surface area (Å²) in [6.45, 7) is 10.2. The number of halogens is 1. The molecule has 1 aliphatic heterocycles. The number of para-hydroxylation sites is 1. The second-order valence-corrected chi connectivity index (χ2v) is 13.5. The number of hydrogen-bond donors (Lipinski definition) is 0. The van der Waals surface area contributed by atoms with Crippen LogP contribution in [-0.4, -0.2) is 36.7 Å². The van der Waals surface area contributed by atoms with E-state index in [4.69, 9.17) is 9.47 Å². The van der Waals surface area contributed by atoms with Gasteiger partial charge in [0, 0.05) is 65.0 Å². The van der Waals surface area contributed by atoms with Gasteiger partial charge >= 0.3 is 0 Å². The zero-order valence-electron chi connectivity index (χ0n) is 23.6. The molecule has 0 aromatic heterocycles. The number of carbonyl (C=O) groups is 2. The van der Waals surface area contributed by atoms with Crippen molar-refractivity contribution >= 4 is 27.5 Å². The second kappa shape index (κ2) is 10.7. The predicted molar refractivity (Wildman–Crippen MR) is 156 cm³/mol. The molecule has 0 saturated carbocycles. The molecule has 0 atom stereocenters. The Balaban J connectivity index is 1.66. The van der Waals surface area contributed by atoms with Crippen LogP contribution in [0, 0.1) is 10.8 Å². The molecule has 5 rings (SSSR count). The van der Waals surface area contributed by atoms with Crippen molar-refractivity contribution in [2.75, 3.05) is 20.3 Å². The van der Waals surface area contributed by atoms with Gasteiger partial charge in [0.05, 0.1) is 6.61 Å². The standard InChI is InChI=1S/C33H38BrNO4/c1-32(2)16-24-30(26(36)18-32)29(31-25(35(24)14-15-38-5)17-33(3,4)19-27(31)37)23-8-6-7-9-28(23)39-20-21-10-12-22(34)13-11-21/h6-13,29H,14-20H2,1-5H3. The number of benzene rings is 2. The third-order valence-electron chi connectivity index (χ3n) is 8.08. The van der Waals surface area contributed by atoms with E-state index < -0.39 is 5.92 Å². The zero-order chi connectivity index (χ0) is 27.9. The van der Waals surface area contributed by atoms with Crippen LogP contribution in [0.25, 0.3) is 0 Å². The van der Waals surface area contributed by atoms with Gasteiger partial charge in [-0.15, -0.1) is 0 Å². The Bertz CT molecular complexity index is 1300. The first-order valence-electron chi connectivity index (χ1n) is 13.7. The van der Waals surface area contributed by atoms with Crippen molar-refractivity contribution in [2.45, 2.75) is 65.9 Å². The molecule has 0 amide bonds. The van der Waals surface area contributed by atoms with Gasteiger partial charge in [0.1, 0.15) is 12.4 Å². The van der Waals surface area contributed by atoms with E-state index in [9.17, 15) is 9.59 Å². The molecule has 0 N–H and O–H groups in total. The van der Waals surface area contributed by atoms with Crippen LogP contribution >= 0.6 is 15.9 Å². The molecule has 206 valence electrons. The fourth-order valence-corrected chi connectivity index (χ4v) is 6.67. The number of rotatable bonds is 7. The normalized spacial score (nSPS) is 20.7. The lowest BCUT2D eigenvalue weighted by molar-refractivity contribution is -0.119. The van der Waals surface area contributed by atoms with Crippen molar-refractivity contribution in [1.82, 2.24) is 4.90 Å². The van der Waals surface area contributed by atoms with Crippen LogP contribution in [-0.2, 0) is 20.9 Å². The lowest BCUT2D eigenvalue weighted by Crippen LogP contribution is -2.45. The summed E-state index contributed by atoms with van der Waals surface area (Å²) < 4.78 is 12.9. The SMILES string of the molecule is COCCN1C2=C(C(=O)CC(C)(C)C2)C(c2ccccc2OCc2ccc(Br)cc2)C2=C1CC(C)(C)CC2=O. The number of ether oxygens (including phenoxy) is 2. The number of allylic oxidation sites excluding steroid dienone is 4. The summed E-state index contributed by atoms with van der Waals surface area (Å²) >= 11 is 3.49. The van der Waals surface area contributed by atoms with E-state index in [2.05, 4.69) is 48.5 Å². The van der Waals surface area contributed by atoms with Crippen molar-refractivity contribution in [3.8, 4) is 5.75 Å². The maximum absolute atomic E-state index is 14.0. The Labute approximate surface area is 240 Å². The Morgan fingerprint density at radius 1 is 0.846 bits per heavy atom. The first-order chi connectivity index (χ1) is 18.5. The van der Waals surface area contributed by atoms with E-state index >= 15 is 0 Å². The number of ketones is 2. The fourth-order valence-electron chi connectivity index (χ4n) is 6.40. The van der Waals surface area contributed by atoms with Gasteiger partial charge in [0.25, 0.3) is 0 Å². The van der Waals surface area contributed by atoms with E-state index in [0.717, 1.165) is 51.0 Å². The van der Waals surface area contributed by atoms with Crippen LogP contribution in [0.4, 0.5) is 0 Å². The van der Waals surface area contributed by atoms with Gasteiger partial charge in [-0.05, 0) is 47.4 Å². The molecule has 2 aromatic rings. The van der Waals surface area contributed by atoms with Crippen LogP contribution in [0.5, 0.6) is 5.75 Å². The second-order valence-electron chi connectivity index (χ2n) is 12.6. The highest BCUT2D eigenvalue weighted by molar-refractivity contribution is 9.10. The first kappa shape index (κ1) is 27.9. The first-order valence-corrected chi connectivity index (χ1v) is 14.5. The molecule has 0 bridgehead atoms. The van der Waals surface area contributed by atoms with Crippen molar-refractivity contribution < 1.29 is 19.1 Å². The summed E-state index contributed by atoms with van der Waals surface area (Å²) in [5.41, 5.74) is 5.24. The molecule has 2 aliphatic carbocycles. The molecule has 39 heavy (non-hydrogen) atoms. The largest absolute Gasteiger partial charge is 0.489 e. The molecule has 6 heteroatoms. The summed E-state index contributed by atoms with van der Waals surface area (Å²) in [5, 5.41) is 0. The van der Waals surface area contributed by atoms with Crippen molar-refractivity contribution in [3.05, 3.63) is 86.7 Å². The van der Waals surface area contributed by atoms with E-state index in [1.54, 1.807) is 7.11 Å². The van der Waals surface area contributed by atoms with E-state index in [-0.39, 0.29) is 22.4 Å². The summed E-state index contributed by atoms with van der Waals surface area (Å²) in [6, 6.07) is 16.0. The van der Waals surface area contributed by atoms with Crippen LogP contribution in [0.1, 0.15) is 70.4 Å². The quantitative estimate of drug-likeness (QED) is 0.336. The fraction of sp³-hybridized carbons (Fsp3) is 0.455. The molecule has 0 radical (unpaired) electrons. The summed E-state index contributed by atoms with van der Waals surface area (Å²) in [5.74, 6) is 0.535. The Kier molecular flexibility index (Phi) is 7.64. The van der Waals surface area contributed by atoms with Gasteiger partial charge in [0.15, 0.2) is 11.6 Å². The van der Waals surface area contributed by atoms with E-state index in [1.165, 1.54) is 0 Å². The molecule has 2 aromatic carbocycles. The zero-order valence-corrected chi connectivity index (χ0v) is 25.2. The summed E-state index contributed by atoms with van der Waals surface area (Å²) in [6.07, 6.45) is 2.48. The maximum Gasteiger partial charge on any atom is 0.162 e. The number of nitrogens with zero attached hydrogens (tertiary/aromatic N) is 1. The van der Waals surface area contributed by atoms with Crippen molar-refractivity contribution in [1.29, 1.82) is 0 Å². The highest BCUT2D eigenvalue weighted by atomic mass is 79.9. The molecule has 0 saturated heterocycles. The number of Topliss-reactive ketones (excluding diaryl/α,β-unsaturated/α-hetero) is 2. The number of carbonyl (C=O) groups excluding carboxylic acids is 2. The molecular formula is C33H38BrNO4. The predicted octanol–water partition coefficient (Wildman–Crippen LogP) is 7.36. The van der Waals surface area contributed by atoms with E-state index in [1.807, 2.05) is 48.5 Å². The smallest absolute Gasteiger partial charge is 0.162 e. The lowest BCUT2D eigenvalue weighted by Gasteiger charge is -2.49. The molecule has 3 aliphatic rings. The van der Waals surface area contributed by atoms with Gasteiger partial charge in [-0.1, -0.05) is 74.0 Å². The van der Waals surface area contributed by atoms with Gasteiger partial charge < -0.3 is 14.4 Å². The minimum atomic E-state index is -0.429. The third kappa shape index (κ3) is 5.64. The minimum Gasteiger partial charge on any atom is -0.489 e. The molecule has 0 unspecified atom stereocenters. The highest BCUT2D eigenvalue weighted by Crippen LogP contribution is 2.55. The maximum atomic E-state index is 14.0. The highest BCUT2D eigenvalue weighted by Gasteiger charge is 2.49. The number of hydrogen-bond acceptors (Lipinski definition) is 5. The summed E-state index contributed by atoms with van der Waals surface area (Å²) in [4.78, 5) is 30.2. The lowest BCUT2D eigenvalue weighted by atomic mass is 9.63. The minimum absolute atomic E-state index is 0.126. The molecule has 1 heterocycles. The number of methoxy groups -OCH3 is 1. The van der Waals surface area contributed by atoms with Gasteiger partial charge in [-0.3, -0.25) is 9.59 Å². The van der Waals surface area contributed by atoms with Crippen LogP contribution in [0.2, 0.25) is 0 Å². The monoisotopic (exact) mass is 591 g/mol. The van der Waals surface area contributed by atoms with Crippen LogP contribution in [0.15, 0.2) is 75.5 Å².